The standard InChI is InChI=1S/C33H46N6O4/c1-9-35(5)31(41)43-23-10-12-26-25(21-23)33(15-18-37(7)29(33)38(26)8)16-19-39-27-13-11-22(42-30(40)34(3)4)20-24(27)32(2)14-17-36(6)28(32)39/h10-13,20-21,28-29H,9,14-19H2,1-8H3. The van der Waals surface area contributed by atoms with Crippen LogP contribution in [0.2, 0.25) is 0 Å². The number of anilines is 2. The van der Waals surface area contributed by atoms with E-state index in [1.807, 2.05) is 19.1 Å². The molecule has 0 saturated carbocycles. The van der Waals surface area contributed by atoms with Crippen molar-refractivity contribution in [2.45, 2.75) is 56.3 Å². The van der Waals surface area contributed by atoms with E-state index in [1.54, 1.807) is 26.0 Å². The molecule has 2 fully saturated rings. The monoisotopic (exact) mass is 590 g/mol. The van der Waals surface area contributed by atoms with Crippen LogP contribution in [0, 0.1) is 0 Å². The fourth-order valence-electron chi connectivity index (χ4n) is 8.28. The van der Waals surface area contributed by atoms with Gasteiger partial charge in [0, 0.05) is 76.6 Å². The second-order valence-corrected chi connectivity index (χ2v) is 13.3. The van der Waals surface area contributed by atoms with Crippen LogP contribution in [0.15, 0.2) is 36.4 Å². The first-order chi connectivity index (χ1) is 20.4. The van der Waals surface area contributed by atoms with E-state index in [4.69, 9.17) is 9.47 Å². The molecule has 2 amide bonds. The van der Waals surface area contributed by atoms with Crippen molar-refractivity contribution in [2.24, 2.45) is 0 Å². The number of rotatable bonds is 6. The van der Waals surface area contributed by atoms with Gasteiger partial charge in [-0.05, 0) is 87.8 Å². The summed E-state index contributed by atoms with van der Waals surface area (Å²) in [5, 5.41) is 0. The molecule has 4 aliphatic rings. The Morgan fingerprint density at radius 3 is 2.14 bits per heavy atom. The molecule has 0 aliphatic carbocycles. The lowest BCUT2D eigenvalue weighted by Gasteiger charge is -2.39. The lowest BCUT2D eigenvalue weighted by Crippen LogP contribution is -2.51. The van der Waals surface area contributed by atoms with Gasteiger partial charge < -0.3 is 29.1 Å². The van der Waals surface area contributed by atoms with Gasteiger partial charge in [-0.2, -0.15) is 0 Å². The third kappa shape index (κ3) is 4.52. The summed E-state index contributed by atoms with van der Waals surface area (Å²) in [4.78, 5) is 37.9. The third-order valence-corrected chi connectivity index (χ3v) is 10.6. The molecule has 4 unspecified atom stereocenters. The summed E-state index contributed by atoms with van der Waals surface area (Å²) < 4.78 is 11.5. The highest BCUT2D eigenvalue weighted by molar-refractivity contribution is 5.74. The predicted octanol–water partition coefficient (Wildman–Crippen LogP) is 4.38. The van der Waals surface area contributed by atoms with E-state index in [-0.39, 0.29) is 35.3 Å². The molecule has 0 N–H and O–H groups in total. The first-order valence-corrected chi connectivity index (χ1v) is 15.4. The number of fused-ring (bicyclic) bond motifs is 6. The molecule has 4 heterocycles. The van der Waals surface area contributed by atoms with Crippen molar-refractivity contribution >= 4 is 23.6 Å². The van der Waals surface area contributed by atoms with Crippen molar-refractivity contribution in [2.75, 3.05) is 78.3 Å². The van der Waals surface area contributed by atoms with Gasteiger partial charge >= 0.3 is 12.2 Å². The van der Waals surface area contributed by atoms with Gasteiger partial charge in [-0.1, -0.05) is 6.92 Å². The van der Waals surface area contributed by atoms with Gasteiger partial charge in [-0.3, -0.25) is 9.80 Å². The Morgan fingerprint density at radius 2 is 1.47 bits per heavy atom. The lowest BCUT2D eigenvalue weighted by molar-refractivity contribution is 0.165. The molecule has 232 valence electrons. The van der Waals surface area contributed by atoms with E-state index in [0.29, 0.717) is 18.0 Å². The van der Waals surface area contributed by atoms with Crippen LogP contribution in [-0.4, -0.2) is 113 Å². The molecule has 43 heavy (non-hydrogen) atoms. The number of hydrogen-bond acceptors (Lipinski definition) is 8. The van der Waals surface area contributed by atoms with E-state index in [0.717, 1.165) is 38.9 Å². The first kappa shape index (κ1) is 29.6. The number of carbonyl (C=O) groups is 2. The van der Waals surface area contributed by atoms with Crippen molar-refractivity contribution in [1.82, 2.24) is 19.6 Å². The molecule has 10 heteroatoms. The molecule has 4 aliphatic heterocycles. The topological polar surface area (TPSA) is 72.0 Å². The summed E-state index contributed by atoms with van der Waals surface area (Å²) in [7, 11) is 11.8. The smallest absolute Gasteiger partial charge is 0.410 e. The van der Waals surface area contributed by atoms with Gasteiger partial charge in [-0.25, -0.2) is 9.59 Å². The highest BCUT2D eigenvalue weighted by atomic mass is 16.6. The minimum absolute atomic E-state index is 0.0643. The zero-order valence-electron chi connectivity index (χ0n) is 26.9. The van der Waals surface area contributed by atoms with Crippen molar-refractivity contribution in [3.05, 3.63) is 47.5 Å². The minimum atomic E-state index is -0.369. The summed E-state index contributed by atoms with van der Waals surface area (Å²) in [6.45, 7) is 7.79. The Bertz CT molecular complexity index is 1430. The van der Waals surface area contributed by atoms with Crippen LogP contribution < -0.4 is 19.3 Å². The zero-order chi connectivity index (χ0) is 30.8. The molecule has 0 radical (unpaired) electrons. The number of amides is 2. The summed E-state index contributed by atoms with van der Waals surface area (Å²) in [6.07, 6.45) is 2.80. The molecule has 10 nitrogen and oxygen atoms in total. The van der Waals surface area contributed by atoms with Gasteiger partial charge in [-0.15, -0.1) is 0 Å². The Hall–Kier alpha value is -3.50. The van der Waals surface area contributed by atoms with E-state index < -0.39 is 0 Å². The van der Waals surface area contributed by atoms with Crippen LogP contribution in [0.1, 0.15) is 44.2 Å². The van der Waals surface area contributed by atoms with Gasteiger partial charge in [0.15, 0.2) is 0 Å². The third-order valence-electron chi connectivity index (χ3n) is 10.6. The average molecular weight is 591 g/mol. The average Bonchev–Trinajstić information content (AvgIpc) is 3.63. The molecule has 6 rings (SSSR count). The van der Waals surface area contributed by atoms with E-state index in [9.17, 15) is 9.59 Å². The van der Waals surface area contributed by atoms with Gasteiger partial charge in [0.25, 0.3) is 0 Å². The second-order valence-electron chi connectivity index (χ2n) is 13.3. The fourth-order valence-corrected chi connectivity index (χ4v) is 8.28. The molecular weight excluding hydrogens is 544 g/mol. The van der Waals surface area contributed by atoms with E-state index in [2.05, 4.69) is 71.9 Å². The second kappa shape index (κ2) is 10.6. The molecular formula is C33H46N6O4. The molecule has 2 saturated heterocycles. The molecule has 0 aromatic heterocycles. The van der Waals surface area contributed by atoms with Crippen LogP contribution in [-0.2, 0) is 10.8 Å². The number of hydrogen-bond donors (Lipinski definition) is 0. The Kier molecular flexibility index (Phi) is 7.28. The zero-order valence-corrected chi connectivity index (χ0v) is 26.9. The molecule has 2 aromatic rings. The van der Waals surface area contributed by atoms with Crippen molar-refractivity contribution < 1.29 is 19.1 Å². The largest absolute Gasteiger partial charge is 0.414 e. The van der Waals surface area contributed by atoms with Crippen LogP contribution in [0.5, 0.6) is 11.5 Å². The number of nitrogens with zero attached hydrogens (tertiary/aromatic N) is 6. The van der Waals surface area contributed by atoms with Crippen LogP contribution in [0.25, 0.3) is 0 Å². The number of carbonyl (C=O) groups excluding carboxylic acids is 2. The molecule has 2 aromatic carbocycles. The van der Waals surface area contributed by atoms with E-state index in [1.165, 1.54) is 27.4 Å². The Labute approximate surface area is 255 Å². The molecule has 0 spiro atoms. The summed E-state index contributed by atoms with van der Waals surface area (Å²) in [5.41, 5.74) is 4.78. The fraction of sp³-hybridized carbons (Fsp3) is 0.576. The maximum Gasteiger partial charge on any atom is 0.414 e. The molecule has 4 atom stereocenters. The highest BCUT2D eigenvalue weighted by Gasteiger charge is 2.57. The first-order valence-electron chi connectivity index (χ1n) is 15.4. The quantitative estimate of drug-likeness (QED) is 0.491. The summed E-state index contributed by atoms with van der Waals surface area (Å²) in [6, 6.07) is 12.3. The Morgan fingerprint density at radius 1 is 0.860 bits per heavy atom. The van der Waals surface area contributed by atoms with E-state index >= 15 is 0 Å². The SMILES string of the molecule is CCN(C)C(=O)Oc1ccc2c(c1)C1(CCN3c4ccc(OC(=O)N(C)C)cc4C4(C)CCN(C)C34)CCN(C)C1N2C. The Balaban J connectivity index is 1.33. The predicted molar refractivity (Wildman–Crippen MR) is 168 cm³/mol. The van der Waals surface area contributed by atoms with Crippen molar-refractivity contribution in [3.63, 3.8) is 0 Å². The maximum atomic E-state index is 12.6. The number of likely N-dealkylation sites (tertiary alicyclic amines) is 2. The number of benzene rings is 2. The van der Waals surface area contributed by atoms with Crippen LogP contribution in [0.3, 0.4) is 0 Å². The summed E-state index contributed by atoms with van der Waals surface area (Å²) >= 11 is 0. The van der Waals surface area contributed by atoms with Gasteiger partial charge in [0.1, 0.15) is 11.5 Å². The number of likely N-dealkylation sites (N-methyl/N-ethyl adjacent to an activating group) is 3. The maximum absolute atomic E-state index is 12.6. The lowest BCUT2D eigenvalue weighted by atomic mass is 9.76. The van der Waals surface area contributed by atoms with Gasteiger partial charge in [0.05, 0.1) is 12.3 Å². The van der Waals surface area contributed by atoms with Crippen molar-refractivity contribution in [1.29, 1.82) is 0 Å². The molecule has 0 bridgehead atoms. The highest BCUT2D eigenvalue weighted by Crippen LogP contribution is 2.56. The number of ether oxygens (including phenoxy) is 2. The normalized spacial score (nSPS) is 27.5. The van der Waals surface area contributed by atoms with Crippen LogP contribution in [0.4, 0.5) is 21.0 Å². The summed E-state index contributed by atoms with van der Waals surface area (Å²) in [5.74, 6) is 1.19. The van der Waals surface area contributed by atoms with Crippen LogP contribution >= 0.6 is 0 Å². The van der Waals surface area contributed by atoms with Gasteiger partial charge in [0.2, 0.25) is 0 Å². The minimum Gasteiger partial charge on any atom is -0.410 e. The van der Waals surface area contributed by atoms with Crippen molar-refractivity contribution in [3.8, 4) is 11.5 Å².